The largest absolute Gasteiger partial charge is 1.00 e. The molecule has 24 heavy (non-hydrogen) atoms. The van der Waals surface area contributed by atoms with Gasteiger partial charge in [-0.15, -0.1) is 0 Å². The molecule has 122 valence electrons. The molecule has 0 fully saturated rings. The topological polar surface area (TPSA) is 7.12 Å². The zero-order valence-corrected chi connectivity index (χ0v) is 16.7. The predicted molar refractivity (Wildman–Crippen MR) is 98.5 cm³/mol. The third-order valence-electron chi connectivity index (χ3n) is 4.33. The molecule has 3 aromatic rings. The summed E-state index contributed by atoms with van der Waals surface area (Å²) in [5, 5.41) is 2.55. The monoisotopic (exact) mass is 446 g/mol. The maximum atomic E-state index is 2.37. The fraction of sp³-hybridized carbons (Fsp3) is 0.150. The van der Waals surface area contributed by atoms with Crippen LogP contribution >= 0.6 is 11.8 Å². The number of thioether (sulfide) groups is 1. The molecule has 0 saturated carbocycles. The van der Waals surface area contributed by atoms with E-state index >= 15 is 0 Å². The molecule has 0 saturated heterocycles. The van der Waals surface area contributed by atoms with Crippen molar-refractivity contribution in [3.63, 3.8) is 0 Å². The third kappa shape index (κ3) is 2.93. The van der Waals surface area contributed by atoms with Crippen LogP contribution in [-0.2, 0) is 6.54 Å². The van der Waals surface area contributed by atoms with E-state index in [1.807, 2.05) is 11.8 Å². The average molecular weight is 446 g/mol. The minimum Gasteiger partial charge on any atom is -1.00 e. The van der Waals surface area contributed by atoms with Crippen molar-refractivity contribution in [1.29, 1.82) is 0 Å². The van der Waals surface area contributed by atoms with Crippen molar-refractivity contribution in [3.8, 4) is 0 Å². The number of hydrogen-bond acceptors (Lipinski definition) is 2. The molecule has 1 aromatic heterocycles. The Morgan fingerprint density at radius 1 is 1.00 bits per heavy atom. The van der Waals surface area contributed by atoms with Crippen LogP contribution < -0.4 is 33.4 Å². The predicted octanol–water partition coefficient (Wildman–Crippen LogP) is 1.69. The molecule has 2 heterocycles. The van der Waals surface area contributed by atoms with Crippen LogP contribution in [0.3, 0.4) is 0 Å². The van der Waals surface area contributed by atoms with Crippen molar-refractivity contribution in [2.24, 2.45) is 0 Å². The van der Waals surface area contributed by atoms with Gasteiger partial charge in [-0.3, -0.25) is 0 Å². The number of hydrogen-bond donors (Lipinski definition) is 0. The Morgan fingerprint density at radius 2 is 1.75 bits per heavy atom. The van der Waals surface area contributed by atoms with Crippen molar-refractivity contribution in [3.05, 3.63) is 71.4 Å². The number of aromatic nitrogens is 1. The number of nitrogens with zero attached hydrogens (tertiary/aromatic N) is 2. The first-order chi connectivity index (χ1) is 11.3. The van der Waals surface area contributed by atoms with Gasteiger partial charge in [0, 0.05) is 35.5 Å². The lowest BCUT2D eigenvalue weighted by Gasteiger charge is -2.13. The smallest absolute Gasteiger partial charge is 0.212 e. The maximum Gasteiger partial charge on any atom is 0.212 e. The summed E-state index contributed by atoms with van der Waals surface area (Å²) in [7, 11) is 2.14. The van der Waals surface area contributed by atoms with Crippen molar-refractivity contribution in [2.45, 2.75) is 18.4 Å². The van der Waals surface area contributed by atoms with Crippen LogP contribution in [0, 0.1) is 0 Å². The Morgan fingerprint density at radius 3 is 2.54 bits per heavy atom. The SMILES string of the molecule is CC[n+]1c(C=C2Sc3ccccc3N2C)ccc2ccccc21.[I-]. The molecule has 4 rings (SSSR count). The molecule has 4 heteroatoms. The maximum absolute atomic E-state index is 2.37. The second kappa shape index (κ2) is 7.15. The first-order valence-corrected chi connectivity index (χ1v) is 8.73. The van der Waals surface area contributed by atoms with E-state index in [2.05, 4.69) is 90.2 Å². The summed E-state index contributed by atoms with van der Waals surface area (Å²) in [5.41, 5.74) is 3.81. The van der Waals surface area contributed by atoms with Gasteiger partial charge in [-0.05, 0) is 31.2 Å². The molecule has 1 aliphatic heterocycles. The van der Waals surface area contributed by atoms with Crippen molar-refractivity contribution >= 4 is 34.4 Å². The molecular formula is C20H19IN2S. The van der Waals surface area contributed by atoms with E-state index in [-0.39, 0.29) is 24.0 Å². The average Bonchev–Trinajstić information content (AvgIpc) is 2.91. The molecule has 0 aliphatic carbocycles. The summed E-state index contributed by atoms with van der Waals surface area (Å²) >= 11 is 1.84. The van der Waals surface area contributed by atoms with Crippen LogP contribution in [0.2, 0.25) is 0 Å². The summed E-state index contributed by atoms with van der Waals surface area (Å²) in [6.07, 6.45) is 2.29. The zero-order valence-electron chi connectivity index (χ0n) is 13.7. The van der Waals surface area contributed by atoms with Gasteiger partial charge >= 0.3 is 0 Å². The van der Waals surface area contributed by atoms with Gasteiger partial charge < -0.3 is 28.9 Å². The third-order valence-corrected chi connectivity index (χ3v) is 5.50. The standard InChI is InChI=1S/C20H19N2S.HI/c1-3-22-16(13-12-15-8-4-5-9-17(15)22)14-20-21(2)18-10-6-7-11-19(18)23-20;/h4-14H,3H2,1-2H3;1H/q+1;/p-1. The summed E-state index contributed by atoms with van der Waals surface area (Å²) in [6, 6.07) is 21.6. The van der Waals surface area contributed by atoms with Crippen LogP contribution in [0.4, 0.5) is 5.69 Å². The van der Waals surface area contributed by atoms with E-state index in [0.29, 0.717) is 0 Å². The lowest BCUT2D eigenvalue weighted by Crippen LogP contribution is -3.00. The second-order valence-electron chi connectivity index (χ2n) is 5.67. The van der Waals surface area contributed by atoms with E-state index in [0.717, 1.165) is 6.54 Å². The summed E-state index contributed by atoms with van der Waals surface area (Å²) in [4.78, 5) is 3.60. The highest BCUT2D eigenvalue weighted by Crippen LogP contribution is 2.45. The van der Waals surface area contributed by atoms with Crippen molar-refractivity contribution in [2.75, 3.05) is 11.9 Å². The number of benzene rings is 2. The number of anilines is 1. The van der Waals surface area contributed by atoms with E-state index in [1.54, 1.807) is 0 Å². The van der Waals surface area contributed by atoms with Gasteiger partial charge in [0.2, 0.25) is 11.2 Å². The van der Waals surface area contributed by atoms with E-state index < -0.39 is 0 Å². The number of fused-ring (bicyclic) bond motifs is 2. The highest BCUT2D eigenvalue weighted by Gasteiger charge is 2.23. The first-order valence-electron chi connectivity index (χ1n) is 7.92. The molecule has 0 spiro atoms. The highest BCUT2D eigenvalue weighted by atomic mass is 127. The van der Waals surface area contributed by atoms with Gasteiger partial charge in [-0.2, -0.15) is 4.57 Å². The van der Waals surface area contributed by atoms with Crippen LogP contribution in [0.5, 0.6) is 0 Å². The molecule has 0 radical (unpaired) electrons. The van der Waals surface area contributed by atoms with Gasteiger partial charge in [0.15, 0.2) is 0 Å². The van der Waals surface area contributed by atoms with Crippen LogP contribution in [0.1, 0.15) is 12.6 Å². The number of rotatable bonds is 2. The molecule has 2 nitrogen and oxygen atoms in total. The Bertz CT molecular complexity index is 920. The number of aryl methyl sites for hydroxylation is 1. The Balaban J connectivity index is 0.00000169. The molecule has 2 aromatic carbocycles. The first kappa shape index (κ1) is 17.3. The second-order valence-corrected chi connectivity index (χ2v) is 6.73. The molecule has 0 atom stereocenters. The Labute approximate surface area is 164 Å². The van der Waals surface area contributed by atoms with Crippen LogP contribution in [0.25, 0.3) is 17.0 Å². The van der Waals surface area contributed by atoms with E-state index in [9.17, 15) is 0 Å². The minimum atomic E-state index is 0. The molecule has 1 aliphatic rings. The summed E-state index contributed by atoms with van der Waals surface area (Å²) in [6.45, 7) is 3.16. The van der Waals surface area contributed by atoms with E-state index in [1.165, 1.54) is 32.2 Å². The quantitative estimate of drug-likeness (QED) is 0.437. The highest BCUT2D eigenvalue weighted by molar-refractivity contribution is 8.03. The van der Waals surface area contributed by atoms with Crippen LogP contribution in [0.15, 0.2) is 70.6 Å². The number of pyridine rings is 1. The normalized spacial score (nSPS) is 14.8. The lowest BCUT2D eigenvalue weighted by molar-refractivity contribution is -0.669. The fourth-order valence-corrected chi connectivity index (χ4v) is 4.23. The zero-order chi connectivity index (χ0) is 15.8. The van der Waals surface area contributed by atoms with Gasteiger partial charge in [0.05, 0.1) is 10.7 Å². The van der Waals surface area contributed by atoms with Gasteiger partial charge in [-0.25, -0.2) is 0 Å². The van der Waals surface area contributed by atoms with Gasteiger partial charge in [-0.1, -0.05) is 36.0 Å². The molecule has 0 bridgehead atoms. The summed E-state index contributed by atoms with van der Waals surface area (Å²) < 4.78 is 2.37. The van der Waals surface area contributed by atoms with Gasteiger partial charge in [0.1, 0.15) is 6.54 Å². The minimum absolute atomic E-state index is 0. The fourth-order valence-electron chi connectivity index (χ4n) is 3.13. The Hall–Kier alpha value is -1.53. The van der Waals surface area contributed by atoms with Gasteiger partial charge in [0.25, 0.3) is 0 Å². The van der Waals surface area contributed by atoms with E-state index in [4.69, 9.17) is 0 Å². The molecular weight excluding hydrogens is 427 g/mol. The van der Waals surface area contributed by atoms with Crippen LogP contribution in [-0.4, -0.2) is 7.05 Å². The molecule has 0 N–H and O–H groups in total. The number of para-hydroxylation sites is 2. The number of halogens is 1. The van der Waals surface area contributed by atoms with Crippen molar-refractivity contribution < 1.29 is 28.5 Å². The lowest BCUT2D eigenvalue weighted by atomic mass is 10.2. The van der Waals surface area contributed by atoms with Crippen molar-refractivity contribution in [1.82, 2.24) is 0 Å². The molecule has 0 amide bonds. The molecule has 0 unspecified atom stereocenters. The summed E-state index contributed by atoms with van der Waals surface area (Å²) in [5.74, 6) is 0. The Kier molecular flexibility index (Phi) is 5.15.